The number of methoxy groups -OCH3 is 1. The van der Waals surface area contributed by atoms with Gasteiger partial charge in [-0.2, -0.15) is 0 Å². The summed E-state index contributed by atoms with van der Waals surface area (Å²) in [5.74, 6) is 1.18. The molecule has 1 amide bonds. The number of aromatic nitrogens is 2. The van der Waals surface area contributed by atoms with Gasteiger partial charge in [0.2, 0.25) is 11.8 Å². The average molecular weight is 209 g/mol. The largest absolute Gasteiger partial charge is 0.481 e. The Morgan fingerprint density at radius 1 is 1.53 bits per heavy atom. The van der Waals surface area contributed by atoms with Crippen molar-refractivity contribution >= 4 is 11.7 Å². The normalized spacial score (nSPS) is 10.1. The first-order valence-corrected chi connectivity index (χ1v) is 4.77. The molecule has 0 aliphatic rings. The summed E-state index contributed by atoms with van der Waals surface area (Å²) in [5, 5.41) is 2.68. The highest BCUT2D eigenvalue weighted by Gasteiger charge is 2.06. The van der Waals surface area contributed by atoms with Crippen molar-refractivity contribution < 1.29 is 9.53 Å². The molecule has 0 saturated heterocycles. The van der Waals surface area contributed by atoms with Crippen LogP contribution in [0.25, 0.3) is 0 Å². The fourth-order valence-electron chi connectivity index (χ4n) is 1.08. The van der Waals surface area contributed by atoms with Crippen molar-refractivity contribution in [2.45, 2.75) is 20.3 Å². The van der Waals surface area contributed by atoms with E-state index in [1.54, 1.807) is 6.07 Å². The van der Waals surface area contributed by atoms with Crippen molar-refractivity contribution in [3.63, 3.8) is 0 Å². The van der Waals surface area contributed by atoms with Crippen molar-refractivity contribution in [2.24, 2.45) is 5.92 Å². The number of nitrogens with zero attached hydrogens (tertiary/aromatic N) is 2. The number of amides is 1. The Bertz CT molecular complexity index is 339. The number of ether oxygens (including phenoxy) is 1. The second-order valence-electron chi connectivity index (χ2n) is 3.59. The zero-order chi connectivity index (χ0) is 11.3. The first kappa shape index (κ1) is 11.4. The molecule has 0 aromatic carbocycles. The quantitative estimate of drug-likeness (QED) is 0.815. The highest BCUT2D eigenvalue weighted by atomic mass is 16.5. The van der Waals surface area contributed by atoms with Crippen LogP contribution in [-0.4, -0.2) is 23.0 Å². The molecule has 1 aromatic heterocycles. The van der Waals surface area contributed by atoms with Crippen LogP contribution in [0.2, 0.25) is 0 Å². The molecule has 0 spiro atoms. The monoisotopic (exact) mass is 209 g/mol. The number of rotatable bonds is 4. The van der Waals surface area contributed by atoms with Crippen LogP contribution < -0.4 is 10.1 Å². The number of carbonyl (C=O) groups excluding carboxylic acids is 1. The predicted molar refractivity (Wildman–Crippen MR) is 56.7 cm³/mol. The average Bonchev–Trinajstić information content (AvgIpc) is 2.16. The van der Waals surface area contributed by atoms with Crippen molar-refractivity contribution in [2.75, 3.05) is 12.4 Å². The van der Waals surface area contributed by atoms with E-state index in [9.17, 15) is 4.79 Å². The van der Waals surface area contributed by atoms with E-state index < -0.39 is 0 Å². The van der Waals surface area contributed by atoms with Crippen molar-refractivity contribution in [1.82, 2.24) is 9.97 Å². The van der Waals surface area contributed by atoms with Crippen LogP contribution in [0.5, 0.6) is 5.88 Å². The Morgan fingerprint density at radius 3 is 2.87 bits per heavy atom. The van der Waals surface area contributed by atoms with Gasteiger partial charge in [-0.3, -0.25) is 4.79 Å². The van der Waals surface area contributed by atoms with E-state index in [-0.39, 0.29) is 5.91 Å². The lowest BCUT2D eigenvalue weighted by molar-refractivity contribution is -0.116. The number of hydrogen-bond acceptors (Lipinski definition) is 4. The molecule has 15 heavy (non-hydrogen) atoms. The van der Waals surface area contributed by atoms with E-state index in [4.69, 9.17) is 4.74 Å². The second kappa shape index (κ2) is 5.29. The molecule has 0 bridgehead atoms. The van der Waals surface area contributed by atoms with Crippen LogP contribution in [0.4, 0.5) is 5.82 Å². The van der Waals surface area contributed by atoms with E-state index in [1.165, 1.54) is 13.4 Å². The third-order valence-corrected chi connectivity index (χ3v) is 1.71. The Hall–Kier alpha value is -1.65. The maximum Gasteiger partial charge on any atom is 0.225 e. The fraction of sp³-hybridized carbons (Fsp3) is 0.500. The standard InChI is InChI=1S/C10H15N3O2/c1-7(2)4-9(14)13-8-5-10(15-3)12-6-11-8/h5-7H,4H2,1-3H3,(H,11,12,13,14). The van der Waals surface area contributed by atoms with E-state index in [0.717, 1.165) is 0 Å². The topological polar surface area (TPSA) is 64.1 Å². The van der Waals surface area contributed by atoms with Gasteiger partial charge in [0.1, 0.15) is 12.1 Å². The third-order valence-electron chi connectivity index (χ3n) is 1.71. The van der Waals surface area contributed by atoms with E-state index in [2.05, 4.69) is 15.3 Å². The number of carbonyl (C=O) groups is 1. The van der Waals surface area contributed by atoms with Gasteiger partial charge < -0.3 is 10.1 Å². The summed E-state index contributed by atoms with van der Waals surface area (Å²) < 4.78 is 4.92. The Morgan fingerprint density at radius 2 is 2.27 bits per heavy atom. The van der Waals surface area contributed by atoms with Gasteiger partial charge in [-0.05, 0) is 5.92 Å². The molecular weight excluding hydrogens is 194 g/mol. The number of hydrogen-bond donors (Lipinski definition) is 1. The SMILES string of the molecule is COc1cc(NC(=O)CC(C)C)ncn1. The van der Waals surface area contributed by atoms with Crippen LogP contribution in [0, 0.1) is 5.92 Å². The van der Waals surface area contributed by atoms with Gasteiger partial charge in [-0.25, -0.2) is 9.97 Å². The fourth-order valence-corrected chi connectivity index (χ4v) is 1.08. The van der Waals surface area contributed by atoms with Crippen molar-refractivity contribution in [3.8, 4) is 5.88 Å². The molecule has 0 atom stereocenters. The Balaban J connectivity index is 2.60. The first-order valence-electron chi connectivity index (χ1n) is 4.77. The van der Waals surface area contributed by atoms with Crippen LogP contribution in [0.1, 0.15) is 20.3 Å². The highest BCUT2D eigenvalue weighted by Crippen LogP contribution is 2.11. The lowest BCUT2D eigenvalue weighted by atomic mass is 10.1. The van der Waals surface area contributed by atoms with Crippen molar-refractivity contribution in [3.05, 3.63) is 12.4 Å². The predicted octanol–water partition coefficient (Wildman–Crippen LogP) is 1.47. The summed E-state index contributed by atoms with van der Waals surface area (Å²) >= 11 is 0. The Kier molecular flexibility index (Phi) is 4.03. The Labute approximate surface area is 88.9 Å². The molecule has 82 valence electrons. The minimum Gasteiger partial charge on any atom is -0.481 e. The molecule has 1 heterocycles. The number of anilines is 1. The minimum absolute atomic E-state index is 0.0502. The van der Waals surface area contributed by atoms with Crippen molar-refractivity contribution in [1.29, 1.82) is 0 Å². The van der Waals surface area contributed by atoms with Gasteiger partial charge >= 0.3 is 0 Å². The van der Waals surface area contributed by atoms with Crippen LogP contribution >= 0.6 is 0 Å². The van der Waals surface area contributed by atoms with Gasteiger partial charge in [-0.1, -0.05) is 13.8 Å². The molecule has 5 nitrogen and oxygen atoms in total. The van der Waals surface area contributed by atoms with Crippen LogP contribution in [0.15, 0.2) is 12.4 Å². The van der Waals surface area contributed by atoms with Gasteiger partial charge in [0.15, 0.2) is 0 Å². The molecule has 0 aliphatic carbocycles. The highest BCUT2D eigenvalue weighted by molar-refractivity contribution is 5.89. The molecule has 1 rings (SSSR count). The van der Waals surface area contributed by atoms with E-state index in [0.29, 0.717) is 24.0 Å². The number of nitrogens with one attached hydrogen (secondary N) is 1. The third kappa shape index (κ3) is 3.93. The molecule has 5 heteroatoms. The summed E-state index contributed by atoms with van der Waals surface area (Å²) in [5.41, 5.74) is 0. The molecule has 0 radical (unpaired) electrons. The van der Waals surface area contributed by atoms with E-state index >= 15 is 0 Å². The van der Waals surface area contributed by atoms with Gasteiger partial charge in [0.05, 0.1) is 7.11 Å². The smallest absolute Gasteiger partial charge is 0.225 e. The van der Waals surface area contributed by atoms with Gasteiger partial charge in [0.25, 0.3) is 0 Å². The van der Waals surface area contributed by atoms with Crippen LogP contribution in [0.3, 0.4) is 0 Å². The molecular formula is C10H15N3O2. The van der Waals surface area contributed by atoms with Crippen LogP contribution in [-0.2, 0) is 4.79 Å². The molecule has 0 unspecified atom stereocenters. The summed E-state index contributed by atoms with van der Waals surface area (Å²) in [6.07, 6.45) is 1.83. The van der Waals surface area contributed by atoms with E-state index in [1.807, 2.05) is 13.8 Å². The summed E-state index contributed by atoms with van der Waals surface area (Å²) in [6, 6.07) is 1.58. The summed E-state index contributed by atoms with van der Waals surface area (Å²) in [7, 11) is 1.52. The molecule has 1 aromatic rings. The maximum absolute atomic E-state index is 11.4. The summed E-state index contributed by atoms with van der Waals surface area (Å²) in [6.45, 7) is 3.97. The molecule has 0 aliphatic heterocycles. The molecule has 1 N–H and O–H groups in total. The van der Waals surface area contributed by atoms with Gasteiger partial charge in [-0.15, -0.1) is 0 Å². The maximum atomic E-state index is 11.4. The zero-order valence-corrected chi connectivity index (χ0v) is 9.15. The van der Waals surface area contributed by atoms with Gasteiger partial charge in [0, 0.05) is 12.5 Å². The lowest BCUT2D eigenvalue weighted by Gasteiger charge is -2.06. The minimum atomic E-state index is -0.0502. The lowest BCUT2D eigenvalue weighted by Crippen LogP contribution is -2.14. The molecule has 0 fully saturated rings. The molecule has 0 saturated carbocycles. The first-order chi connectivity index (χ1) is 7.11. The summed E-state index contributed by atoms with van der Waals surface area (Å²) in [4.78, 5) is 19.2. The zero-order valence-electron chi connectivity index (χ0n) is 9.15. The second-order valence-corrected chi connectivity index (χ2v) is 3.59.